The highest BCUT2D eigenvalue weighted by Gasteiger charge is 2.54. The number of nitrogens with one attached hydrogen (secondary N) is 2. The first kappa shape index (κ1) is 21.1. The molecular weight excluding hydrogens is 424 g/mol. The van der Waals surface area contributed by atoms with Crippen LogP contribution in [-0.2, 0) is 4.79 Å². The zero-order valence-electron chi connectivity index (χ0n) is 17.0. The summed E-state index contributed by atoms with van der Waals surface area (Å²) in [5.41, 5.74) is -0.266. The second-order valence-corrected chi connectivity index (χ2v) is 7.90. The fourth-order valence-electron chi connectivity index (χ4n) is 3.93. The first-order chi connectivity index (χ1) is 14.8. The normalized spacial score (nSPS) is 25.3. The number of rotatable bonds is 3. The van der Waals surface area contributed by atoms with E-state index in [2.05, 4.69) is 37.4 Å². The van der Waals surface area contributed by atoms with E-state index in [1.165, 1.54) is 13.4 Å². The van der Waals surface area contributed by atoms with Crippen molar-refractivity contribution in [3.05, 3.63) is 35.3 Å². The molecule has 3 aromatic heterocycles. The molecule has 4 atom stereocenters. The molecule has 4 rings (SSSR count). The molecule has 10 nitrogen and oxygen atoms in total. The van der Waals surface area contributed by atoms with Gasteiger partial charge in [0.2, 0.25) is 11.7 Å². The number of aliphatic hydroxyl groups excluding tert-OH is 2. The number of aliphatic hydroxyl groups is 2. The molecule has 0 unspecified atom stereocenters. The number of amides is 1. The lowest BCUT2D eigenvalue weighted by molar-refractivity contribution is -0.136. The predicted molar refractivity (Wildman–Crippen MR) is 112 cm³/mol. The van der Waals surface area contributed by atoms with E-state index >= 15 is 0 Å². The van der Waals surface area contributed by atoms with Gasteiger partial charge >= 0.3 is 0 Å². The highest BCUT2D eigenvalue weighted by atomic mass is 35.5. The van der Waals surface area contributed by atoms with Crippen LogP contribution in [0.2, 0.25) is 5.22 Å². The van der Waals surface area contributed by atoms with Crippen molar-refractivity contribution in [2.75, 3.05) is 19.4 Å². The third-order valence-corrected chi connectivity index (χ3v) is 5.84. The Kier molecular flexibility index (Phi) is 5.35. The van der Waals surface area contributed by atoms with Gasteiger partial charge in [0, 0.05) is 14.1 Å². The number of hydrogen-bond acceptors (Lipinski definition) is 8. The quantitative estimate of drug-likeness (QED) is 0.438. The summed E-state index contributed by atoms with van der Waals surface area (Å²) in [7, 11) is 3.19. The molecule has 1 fully saturated rings. The van der Waals surface area contributed by atoms with Crippen molar-refractivity contribution < 1.29 is 19.4 Å². The van der Waals surface area contributed by atoms with Gasteiger partial charge in [0.15, 0.2) is 28.0 Å². The monoisotopic (exact) mass is 444 g/mol. The van der Waals surface area contributed by atoms with E-state index in [9.17, 15) is 15.0 Å². The Bertz CT molecular complexity index is 1210. The van der Waals surface area contributed by atoms with Gasteiger partial charge in [-0.2, -0.15) is 0 Å². The molecule has 11 heteroatoms. The molecule has 0 saturated heterocycles. The van der Waals surface area contributed by atoms with Gasteiger partial charge in [-0.3, -0.25) is 4.79 Å². The van der Waals surface area contributed by atoms with Crippen LogP contribution in [-0.4, -0.2) is 61.9 Å². The molecule has 1 aliphatic rings. The summed E-state index contributed by atoms with van der Waals surface area (Å²) in [6.45, 7) is 1.62. The van der Waals surface area contributed by atoms with E-state index in [4.69, 9.17) is 16.0 Å². The first-order valence-electron chi connectivity index (χ1n) is 9.56. The molecule has 0 aliphatic heterocycles. The lowest BCUT2D eigenvalue weighted by atomic mass is 9.85. The Morgan fingerprint density at radius 1 is 1.32 bits per heavy atom. The second-order valence-electron chi connectivity index (χ2n) is 7.53. The minimum Gasteiger partial charge on any atom is -0.436 e. The van der Waals surface area contributed by atoms with Crippen LogP contribution in [0.25, 0.3) is 11.2 Å². The summed E-state index contributed by atoms with van der Waals surface area (Å²) < 4.78 is 6.87. The van der Waals surface area contributed by atoms with Gasteiger partial charge in [-0.1, -0.05) is 0 Å². The van der Waals surface area contributed by atoms with E-state index in [0.717, 1.165) is 0 Å². The smallest absolute Gasteiger partial charge is 0.228 e. The largest absolute Gasteiger partial charge is 0.436 e. The van der Waals surface area contributed by atoms with Gasteiger partial charge < -0.3 is 29.8 Å². The molecule has 0 spiro atoms. The molecule has 0 aromatic carbocycles. The van der Waals surface area contributed by atoms with Crippen molar-refractivity contribution in [2.24, 2.45) is 5.41 Å². The SMILES string of the molecule is CNC(=O)[C@@]1(C)C[C@@H](n2cnc3c(NC)nc(C#Cc4ccc(Cl)o4)nc32)[C@H](O)[C@@H]1O. The van der Waals surface area contributed by atoms with Crippen molar-refractivity contribution in [1.82, 2.24) is 24.8 Å². The molecule has 31 heavy (non-hydrogen) atoms. The number of furan rings is 1. The number of hydrogen-bond donors (Lipinski definition) is 4. The van der Waals surface area contributed by atoms with Gasteiger partial charge in [-0.05, 0) is 48.9 Å². The Labute approximate surface area is 182 Å². The van der Waals surface area contributed by atoms with Crippen molar-refractivity contribution in [2.45, 2.75) is 31.6 Å². The molecule has 0 bridgehead atoms. The highest BCUT2D eigenvalue weighted by molar-refractivity contribution is 6.28. The molecule has 1 aliphatic carbocycles. The maximum absolute atomic E-state index is 12.4. The molecule has 1 saturated carbocycles. The highest BCUT2D eigenvalue weighted by Crippen LogP contribution is 2.45. The third kappa shape index (κ3) is 3.50. The standard InChI is InChI=1S/C20H21ClN6O4/c1-20(19(30)23-3)8-11(15(28)16(20)29)27-9-24-14-17(22-2)25-13(26-18(14)27)7-5-10-4-6-12(21)31-10/h4,6,9,11,15-16,28-29H,8H2,1-3H3,(H,23,30)(H,22,25,26)/t11-,15+,16+,20+/m1/s1. The number of nitrogens with zero attached hydrogens (tertiary/aromatic N) is 4. The van der Waals surface area contributed by atoms with E-state index in [1.54, 1.807) is 30.7 Å². The zero-order valence-corrected chi connectivity index (χ0v) is 17.8. The van der Waals surface area contributed by atoms with Crippen molar-refractivity contribution in [1.29, 1.82) is 0 Å². The number of anilines is 1. The molecule has 162 valence electrons. The van der Waals surface area contributed by atoms with Gasteiger partial charge in [-0.25, -0.2) is 15.0 Å². The lowest BCUT2D eigenvalue weighted by Gasteiger charge is -2.26. The summed E-state index contributed by atoms with van der Waals surface area (Å²) in [5.74, 6) is 6.31. The summed E-state index contributed by atoms with van der Waals surface area (Å²) in [6.07, 6.45) is -0.721. The maximum atomic E-state index is 12.4. The van der Waals surface area contributed by atoms with E-state index in [1.807, 2.05) is 0 Å². The van der Waals surface area contributed by atoms with Crippen molar-refractivity contribution in [3.63, 3.8) is 0 Å². The van der Waals surface area contributed by atoms with Crippen LogP contribution >= 0.6 is 11.6 Å². The molecule has 1 amide bonds. The lowest BCUT2D eigenvalue weighted by Crippen LogP contribution is -2.45. The summed E-state index contributed by atoms with van der Waals surface area (Å²) in [4.78, 5) is 25.6. The van der Waals surface area contributed by atoms with Crippen LogP contribution in [0.1, 0.15) is 31.0 Å². The van der Waals surface area contributed by atoms with Crippen LogP contribution in [0.5, 0.6) is 0 Å². The van der Waals surface area contributed by atoms with Crippen LogP contribution < -0.4 is 10.6 Å². The predicted octanol–water partition coefficient (Wildman–Crippen LogP) is 0.933. The van der Waals surface area contributed by atoms with Gasteiger partial charge in [-0.15, -0.1) is 0 Å². The maximum Gasteiger partial charge on any atom is 0.228 e. The second kappa shape index (κ2) is 7.85. The summed E-state index contributed by atoms with van der Waals surface area (Å²) in [6, 6.07) is 2.60. The Balaban J connectivity index is 1.78. The molecule has 3 heterocycles. The topological polar surface area (TPSA) is 138 Å². The van der Waals surface area contributed by atoms with E-state index in [-0.39, 0.29) is 23.4 Å². The summed E-state index contributed by atoms with van der Waals surface area (Å²) in [5, 5.41) is 27.1. The van der Waals surface area contributed by atoms with Gasteiger partial charge in [0.25, 0.3) is 0 Å². The van der Waals surface area contributed by atoms with Crippen molar-refractivity contribution >= 4 is 34.5 Å². The number of carbonyl (C=O) groups excluding carboxylic acids is 1. The Hall–Kier alpha value is -3.13. The third-order valence-electron chi connectivity index (χ3n) is 5.64. The minimum absolute atomic E-state index is 0.200. The Morgan fingerprint density at radius 2 is 2.10 bits per heavy atom. The fourth-order valence-corrected chi connectivity index (χ4v) is 4.07. The first-order valence-corrected chi connectivity index (χ1v) is 9.94. The number of fused-ring (bicyclic) bond motifs is 1. The van der Waals surface area contributed by atoms with E-state index in [0.29, 0.717) is 22.7 Å². The average molecular weight is 445 g/mol. The van der Waals surface area contributed by atoms with Gasteiger partial charge in [0.1, 0.15) is 6.10 Å². The van der Waals surface area contributed by atoms with Crippen LogP contribution in [0.4, 0.5) is 5.82 Å². The zero-order chi connectivity index (χ0) is 22.3. The summed E-state index contributed by atoms with van der Waals surface area (Å²) >= 11 is 5.77. The minimum atomic E-state index is -1.25. The van der Waals surface area contributed by atoms with Gasteiger partial charge in [0.05, 0.1) is 23.9 Å². The molecule has 4 N–H and O–H groups in total. The molecule has 3 aromatic rings. The van der Waals surface area contributed by atoms with Crippen LogP contribution in [0.3, 0.4) is 0 Å². The number of imidazole rings is 1. The molecular formula is C20H21ClN6O4. The fraction of sp³-hybridized carbons (Fsp3) is 0.400. The van der Waals surface area contributed by atoms with E-state index < -0.39 is 23.7 Å². The number of carbonyl (C=O) groups is 1. The number of aromatic nitrogens is 4. The van der Waals surface area contributed by atoms with Crippen LogP contribution in [0, 0.1) is 17.3 Å². The molecule has 0 radical (unpaired) electrons. The average Bonchev–Trinajstić information content (AvgIpc) is 3.44. The van der Waals surface area contributed by atoms with Crippen LogP contribution in [0.15, 0.2) is 22.9 Å². The number of halogens is 1. The Morgan fingerprint density at radius 3 is 2.74 bits per heavy atom. The van der Waals surface area contributed by atoms with Crippen molar-refractivity contribution in [3.8, 4) is 11.8 Å².